The van der Waals surface area contributed by atoms with Gasteiger partial charge in [-0.25, -0.2) is 4.39 Å². The second-order valence-corrected chi connectivity index (χ2v) is 6.71. The Labute approximate surface area is 152 Å². The largest absolute Gasteiger partial charge is 0.487 e. The molecule has 112 valence electrons. The van der Waals surface area contributed by atoms with E-state index in [1.807, 2.05) is 12.1 Å². The molecule has 0 spiro atoms. The van der Waals surface area contributed by atoms with Gasteiger partial charge in [0.2, 0.25) is 5.82 Å². The smallest absolute Gasteiger partial charge is 0.204 e. The van der Waals surface area contributed by atoms with E-state index in [4.69, 9.17) is 4.74 Å². The highest BCUT2D eigenvalue weighted by atomic mass is 127. The van der Waals surface area contributed by atoms with Gasteiger partial charge in [0.05, 0.1) is 7.14 Å². The average Bonchev–Trinajstić information content (AvgIpc) is 3.02. The van der Waals surface area contributed by atoms with E-state index in [1.54, 1.807) is 18.2 Å². The van der Waals surface area contributed by atoms with Crippen molar-refractivity contribution in [2.75, 3.05) is 0 Å². The van der Waals surface area contributed by atoms with Crippen LogP contribution >= 0.6 is 45.2 Å². The molecule has 0 aliphatic rings. The number of aromatic amines is 1. The molecule has 1 heterocycles. The van der Waals surface area contributed by atoms with Gasteiger partial charge in [0.25, 0.3) is 0 Å². The number of hydrogen-bond donors (Lipinski definition) is 1. The number of nitrogens with one attached hydrogen (secondary N) is 1. The van der Waals surface area contributed by atoms with Crippen LogP contribution in [0.1, 0.15) is 5.56 Å². The summed E-state index contributed by atoms with van der Waals surface area (Å²) in [6, 6.07) is 10.4. The van der Waals surface area contributed by atoms with Crippen LogP contribution in [0.3, 0.4) is 0 Å². The normalized spacial score (nSPS) is 10.7. The van der Waals surface area contributed by atoms with Crippen LogP contribution in [-0.4, -0.2) is 20.6 Å². The van der Waals surface area contributed by atoms with Gasteiger partial charge < -0.3 is 4.74 Å². The van der Waals surface area contributed by atoms with Crippen LogP contribution in [0.15, 0.2) is 36.4 Å². The number of benzene rings is 2. The third-order valence-electron chi connectivity index (χ3n) is 2.93. The minimum atomic E-state index is -0.268. The van der Waals surface area contributed by atoms with Gasteiger partial charge in [0.1, 0.15) is 18.2 Å². The van der Waals surface area contributed by atoms with Crippen LogP contribution in [0.5, 0.6) is 5.75 Å². The van der Waals surface area contributed by atoms with Crippen molar-refractivity contribution in [3.8, 4) is 17.1 Å². The van der Waals surface area contributed by atoms with Crippen LogP contribution in [0.2, 0.25) is 0 Å². The zero-order valence-electron chi connectivity index (χ0n) is 11.1. The summed E-state index contributed by atoms with van der Waals surface area (Å²) in [5.41, 5.74) is 1.37. The number of tetrazole rings is 1. The van der Waals surface area contributed by atoms with Crippen molar-refractivity contribution in [1.29, 1.82) is 0 Å². The van der Waals surface area contributed by atoms with Crippen molar-refractivity contribution in [3.05, 3.63) is 54.9 Å². The van der Waals surface area contributed by atoms with Crippen molar-refractivity contribution in [3.63, 3.8) is 0 Å². The average molecular weight is 522 g/mol. The lowest BCUT2D eigenvalue weighted by molar-refractivity contribution is 0.295. The van der Waals surface area contributed by atoms with E-state index in [0.29, 0.717) is 11.4 Å². The molecule has 0 aliphatic carbocycles. The highest BCUT2D eigenvalue weighted by Crippen LogP contribution is 2.32. The fourth-order valence-electron chi connectivity index (χ4n) is 1.88. The van der Waals surface area contributed by atoms with Crippen molar-refractivity contribution in [1.82, 2.24) is 20.6 Å². The minimum absolute atomic E-state index is 0.181. The van der Waals surface area contributed by atoms with Crippen LogP contribution in [-0.2, 0) is 6.61 Å². The molecule has 0 saturated carbocycles. The fraction of sp³-hybridized carbons (Fsp3) is 0.0714. The first-order valence-electron chi connectivity index (χ1n) is 6.24. The molecule has 8 heteroatoms. The zero-order chi connectivity index (χ0) is 15.5. The first-order chi connectivity index (χ1) is 10.6. The Hall–Kier alpha value is -1.30. The van der Waals surface area contributed by atoms with Crippen LogP contribution in [0, 0.1) is 13.0 Å². The van der Waals surface area contributed by atoms with Crippen molar-refractivity contribution in [2.45, 2.75) is 6.61 Å². The monoisotopic (exact) mass is 522 g/mol. The molecule has 5 nitrogen and oxygen atoms in total. The first kappa shape index (κ1) is 15.6. The fourth-order valence-corrected chi connectivity index (χ4v) is 3.96. The molecule has 0 aliphatic heterocycles. The second kappa shape index (κ2) is 6.86. The second-order valence-electron chi connectivity index (χ2n) is 4.38. The van der Waals surface area contributed by atoms with E-state index in [1.165, 1.54) is 6.07 Å². The predicted molar refractivity (Wildman–Crippen MR) is 95.8 cm³/mol. The molecule has 22 heavy (non-hydrogen) atoms. The third-order valence-corrected chi connectivity index (χ3v) is 4.53. The van der Waals surface area contributed by atoms with Gasteiger partial charge in [-0.05, 0) is 68.6 Å². The maximum atomic E-state index is 13.6. The molecule has 3 rings (SSSR count). The van der Waals surface area contributed by atoms with Crippen molar-refractivity contribution >= 4 is 45.2 Å². The molecule has 0 atom stereocenters. The summed E-state index contributed by atoms with van der Waals surface area (Å²) >= 11 is 4.36. The lowest BCUT2D eigenvalue weighted by Crippen LogP contribution is -2.01. The Morgan fingerprint density at radius 1 is 1.14 bits per heavy atom. The Bertz CT molecular complexity index is 772. The quantitative estimate of drug-likeness (QED) is 0.531. The van der Waals surface area contributed by atoms with Gasteiger partial charge in [-0.2, -0.15) is 5.21 Å². The lowest BCUT2D eigenvalue weighted by Gasteiger charge is -2.12. The Morgan fingerprint density at radius 2 is 1.86 bits per heavy atom. The number of rotatable bonds is 4. The minimum Gasteiger partial charge on any atom is -0.487 e. The molecule has 1 N–H and O–H groups in total. The third kappa shape index (κ3) is 3.37. The molecule has 2 aromatic carbocycles. The molecular weight excluding hydrogens is 513 g/mol. The number of halogens is 3. The SMILES string of the molecule is Fc1ccccc1COc1c(I)cc(-c2nn[nH]n2)cc1I. The number of hydrogen-bond acceptors (Lipinski definition) is 4. The van der Waals surface area contributed by atoms with Crippen molar-refractivity contribution in [2.24, 2.45) is 0 Å². The van der Waals surface area contributed by atoms with E-state index in [2.05, 4.69) is 65.8 Å². The van der Waals surface area contributed by atoms with Crippen molar-refractivity contribution < 1.29 is 9.13 Å². The van der Waals surface area contributed by atoms with Gasteiger partial charge in [-0.1, -0.05) is 18.2 Å². The molecule has 0 fully saturated rings. The van der Waals surface area contributed by atoms with Gasteiger partial charge in [-0.15, -0.1) is 10.2 Å². The molecular formula is C14H9FI2N4O. The molecule has 0 saturated heterocycles. The van der Waals surface area contributed by atoms with Gasteiger partial charge >= 0.3 is 0 Å². The summed E-state index contributed by atoms with van der Waals surface area (Å²) in [6.07, 6.45) is 0. The summed E-state index contributed by atoms with van der Waals surface area (Å²) in [5, 5.41) is 13.9. The maximum absolute atomic E-state index is 13.6. The summed E-state index contributed by atoms with van der Waals surface area (Å²) in [6.45, 7) is 0.181. The van der Waals surface area contributed by atoms with E-state index in [0.717, 1.165) is 18.5 Å². The molecule has 0 unspecified atom stereocenters. The Balaban J connectivity index is 1.84. The Kier molecular flexibility index (Phi) is 4.86. The van der Waals surface area contributed by atoms with Crippen LogP contribution in [0.4, 0.5) is 4.39 Å². The number of ether oxygens (including phenoxy) is 1. The van der Waals surface area contributed by atoms with E-state index in [9.17, 15) is 4.39 Å². The topological polar surface area (TPSA) is 63.7 Å². The maximum Gasteiger partial charge on any atom is 0.204 e. The van der Waals surface area contributed by atoms with Gasteiger partial charge in [0.15, 0.2) is 0 Å². The summed E-state index contributed by atoms with van der Waals surface area (Å²) in [5.74, 6) is 0.976. The number of H-pyrrole nitrogens is 1. The van der Waals surface area contributed by atoms with Gasteiger partial charge in [0, 0.05) is 11.1 Å². The zero-order valence-corrected chi connectivity index (χ0v) is 15.4. The highest BCUT2D eigenvalue weighted by molar-refractivity contribution is 14.1. The number of aromatic nitrogens is 4. The standard InChI is InChI=1S/C14H9FI2N4O/c15-10-4-2-1-3-8(10)7-22-13-11(16)5-9(6-12(13)17)14-18-20-21-19-14/h1-6H,7H2,(H,18,19,20,21). The van der Waals surface area contributed by atoms with E-state index in [-0.39, 0.29) is 12.4 Å². The summed E-state index contributed by atoms with van der Waals surface area (Å²) < 4.78 is 21.2. The predicted octanol–water partition coefficient (Wildman–Crippen LogP) is 3.79. The Morgan fingerprint density at radius 3 is 2.50 bits per heavy atom. The van der Waals surface area contributed by atoms with E-state index < -0.39 is 0 Å². The van der Waals surface area contributed by atoms with Crippen LogP contribution < -0.4 is 4.74 Å². The van der Waals surface area contributed by atoms with E-state index >= 15 is 0 Å². The molecule has 0 bridgehead atoms. The molecule has 0 amide bonds. The lowest BCUT2D eigenvalue weighted by atomic mass is 10.2. The first-order valence-corrected chi connectivity index (χ1v) is 8.40. The summed E-state index contributed by atoms with van der Waals surface area (Å²) in [7, 11) is 0. The molecule has 3 aromatic rings. The van der Waals surface area contributed by atoms with Crippen LogP contribution in [0.25, 0.3) is 11.4 Å². The number of nitrogens with zero attached hydrogens (tertiary/aromatic N) is 3. The highest BCUT2D eigenvalue weighted by Gasteiger charge is 2.13. The summed E-state index contributed by atoms with van der Waals surface area (Å²) in [4.78, 5) is 0. The molecule has 1 aromatic heterocycles. The van der Waals surface area contributed by atoms with Gasteiger partial charge in [-0.3, -0.25) is 0 Å². The molecule has 0 radical (unpaired) electrons.